The standard InChI is InChI=1S/C15H11ClN2O2/c1-20-10-5-2-4-9(8-10)17-14-11-6-3-7-12(16)13(11)18-15(14)19/h2-8H,1H3,(H,17,18,19). The van der Waals surface area contributed by atoms with Gasteiger partial charge in [-0.05, 0) is 18.2 Å². The Balaban J connectivity index is 2.08. The molecule has 0 radical (unpaired) electrons. The highest BCUT2D eigenvalue weighted by molar-refractivity contribution is 6.55. The van der Waals surface area contributed by atoms with Crippen LogP contribution in [-0.2, 0) is 4.79 Å². The smallest absolute Gasteiger partial charge is 0.275 e. The molecule has 100 valence electrons. The number of fused-ring (bicyclic) bond motifs is 1. The Hall–Kier alpha value is -2.33. The molecule has 1 heterocycles. The first kappa shape index (κ1) is 12.7. The monoisotopic (exact) mass is 286 g/mol. The second kappa shape index (κ2) is 4.98. The van der Waals surface area contributed by atoms with Crippen molar-refractivity contribution in [3.8, 4) is 5.75 Å². The molecule has 3 rings (SSSR count). The summed E-state index contributed by atoms with van der Waals surface area (Å²) >= 11 is 6.06. The summed E-state index contributed by atoms with van der Waals surface area (Å²) in [6, 6.07) is 12.6. The van der Waals surface area contributed by atoms with Crippen LogP contribution in [0.1, 0.15) is 5.56 Å². The summed E-state index contributed by atoms with van der Waals surface area (Å²) in [7, 11) is 1.59. The van der Waals surface area contributed by atoms with Gasteiger partial charge >= 0.3 is 0 Å². The fourth-order valence-corrected chi connectivity index (χ4v) is 2.29. The third kappa shape index (κ3) is 2.14. The van der Waals surface area contributed by atoms with Gasteiger partial charge in [-0.25, -0.2) is 4.99 Å². The van der Waals surface area contributed by atoms with Crippen LogP contribution in [0.25, 0.3) is 0 Å². The highest BCUT2D eigenvalue weighted by atomic mass is 35.5. The van der Waals surface area contributed by atoms with Crippen molar-refractivity contribution in [2.75, 3.05) is 12.4 Å². The van der Waals surface area contributed by atoms with E-state index in [1.54, 1.807) is 25.3 Å². The van der Waals surface area contributed by atoms with E-state index in [9.17, 15) is 4.79 Å². The van der Waals surface area contributed by atoms with Gasteiger partial charge < -0.3 is 10.1 Å². The molecule has 1 aliphatic rings. The van der Waals surface area contributed by atoms with E-state index in [1.807, 2.05) is 24.3 Å². The van der Waals surface area contributed by atoms with Gasteiger partial charge in [-0.15, -0.1) is 0 Å². The Labute approximate surface area is 121 Å². The van der Waals surface area contributed by atoms with Crippen LogP contribution in [0.5, 0.6) is 5.75 Å². The van der Waals surface area contributed by atoms with E-state index < -0.39 is 0 Å². The number of anilines is 1. The molecule has 2 aromatic rings. The molecule has 1 amide bonds. The van der Waals surface area contributed by atoms with Crippen LogP contribution in [-0.4, -0.2) is 18.7 Å². The van der Waals surface area contributed by atoms with Crippen molar-refractivity contribution >= 4 is 34.6 Å². The minimum Gasteiger partial charge on any atom is -0.497 e. The van der Waals surface area contributed by atoms with Crippen molar-refractivity contribution in [1.29, 1.82) is 0 Å². The van der Waals surface area contributed by atoms with Gasteiger partial charge in [0.15, 0.2) is 0 Å². The number of methoxy groups -OCH3 is 1. The molecule has 0 atom stereocenters. The number of halogens is 1. The van der Waals surface area contributed by atoms with Gasteiger partial charge in [-0.2, -0.15) is 0 Å². The maximum absolute atomic E-state index is 12.0. The molecule has 5 heteroatoms. The van der Waals surface area contributed by atoms with E-state index in [4.69, 9.17) is 16.3 Å². The Morgan fingerprint density at radius 3 is 2.80 bits per heavy atom. The van der Waals surface area contributed by atoms with Crippen molar-refractivity contribution in [2.45, 2.75) is 0 Å². The first-order valence-electron chi connectivity index (χ1n) is 6.02. The summed E-state index contributed by atoms with van der Waals surface area (Å²) < 4.78 is 5.14. The number of ether oxygens (including phenoxy) is 1. The summed E-state index contributed by atoms with van der Waals surface area (Å²) in [6.07, 6.45) is 0. The first-order chi connectivity index (χ1) is 9.69. The summed E-state index contributed by atoms with van der Waals surface area (Å²) in [5.74, 6) is 0.437. The molecule has 2 aromatic carbocycles. The van der Waals surface area contributed by atoms with Gasteiger partial charge in [-0.1, -0.05) is 29.8 Å². The highest BCUT2D eigenvalue weighted by Crippen LogP contribution is 2.32. The molecule has 0 unspecified atom stereocenters. The minimum atomic E-state index is -0.254. The largest absolute Gasteiger partial charge is 0.497 e. The van der Waals surface area contributed by atoms with Gasteiger partial charge in [0.25, 0.3) is 5.91 Å². The average molecular weight is 287 g/mol. The number of carbonyl (C=O) groups is 1. The van der Waals surface area contributed by atoms with Crippen LogP contribution in [0.3, 0.4) is 0 Å². The molecule has 0 spiro atoms. The predicted molar refractivity (Wildman–Crippen MR) is 79.3 cm³/mol. The average Bonchev–Trinajstić information content (AvgIpc) is 2.78. The van der Waals surface area contributed by atoms with E-state index in [0.29, 0.717) is 33.4 Å². The molecular formula is C15H11ClN2O2. The topological polar surface area (TPSA) is 50.7 Å². The third-order valence-electron chi connectivity index (χ3n) is 3.02. The predicted octanol–water partition coefficient (Wildman–Crippen LogP) is 3.42. The summed E-state index contributed by atoms with van der Waals surface area (Å²) in [6.45, 7) is 0. The maximum Gasteiger partial charge on any atom is 0.275 e. The molecule has 4 nitrogen and oxygen atoms in total. The van der Waals surface area contributed by atoms with Crippen LogP contribution >= 0.6 is 11.6 Å². The van der Waals surface area contributed by atoms with Crippen LogP contribution in [0.15, 0.2) is 47.5 Å². The summed E-state index contributed by atoms with van der Waals surface area (Å²) in [5, 5.41) is 3.24. The van der Waals surface area contributed by atoms with Crippen molar-refractivity contribution in [1.82, 2.24) is 0 Å². The van der Waals surface area contributed by atoms with Gasteiger partial charge in [-0.3, -0.25) is 4.79 Å². The maximum atomic E-state index is 12.0. The zero-order valence-corrected chi connectivity index (χ0v) is 11.4. The lowest BCUT2D eigenvalue weighted by atomic mass is 10.1. The number of para-hydroxylation sites is 1. The van der Waals surface area contributed by atoms with E-state index in [0.717, 1.165) is 0 Å². The van der Waals surface area contributed by atoms with Crippen LogP contribution in [0.2, 0.25) is 5.02 Å². The van der Waals surface area contributed by atoms with Gasteiger partial charge in [0.2, 0.25) is 0 Å². The number of nitrogens with zero attached hydrogens (tertiary/aromatic N) is 1. The molecular weight excluding hydrogens is 276 g/mol. The molecule has 0 fully saturated rings. The zero-order chi connectivity index (χ0) is 14.1. The Bertz CT molecular complexity index is 726. The quantitative estimate of drug-likeness (QED) is 0.919. The van der Waals surface area contributed by atoms with Crippen molar-refractivity contribution in [2.24, 2.45) is 4.99 Å². The van der Waals surface area contributed by atoms with Crippen molar-refractivity contribution in [3.63, 3.8) is 0 Å². The van der Waals surface area contributed by atoms with Crippen molar-refractivity contribution < 1.29 is 9.53 Å². The number of amides is 1. The molecule has 0 aromatic heterocycles. The van der Waals surface area contributed by atoms with E-state index in [-0.39, 0.29) is 5.91 Å². The number of aliphatic imine (C=N–C) groups is 1. The molecule has 1 aliphatic heterocycles. The number of rotatable bonds is 2. The van der Waals surface area contributed by atoms with Crippen LogP contribution in [0, 0.1) is 0 Å². The van der Waals surface area contributed by atoms with Crippen molar-refractivity contribution in [3.05, 3.63) is 53.1 Å². The van der Waals surface area contributed by atoms with Crippen LogP contribution < -0.4 is 10.1 Å². The Kier molecular flexibility index (Phi) is 3.16. The fraction of sp³-hybridized carbons (Fsp3) is 0.0667. The first-order valence-corrected chi connectivity index (χ1v) is 6.40. The highest BCUT2D eigenvalue weighted by Gasteiger charge is 2.27. The fourth-order valence-electron chi connectivity index (χ4n) is 2.06. The Morgan fingerprint density at radius 1 is 1.20 bits per heavy atom. The summed E-state index contributed by atoms with van der Waals surface area (Å²) in [5.41, 5.74) is 2.34. The number of carbonyl (C=O) groups excluding carboxylic acids is 1. The molecule has 0 aliphatic carbocycles. The van der Waals surface area contributed by atoms with E-state index in [1.165, 1.54) is 0 Å². The number of nitrogens with one attached hydrogen (secondary N) is 1. The van der Waals surface area contributed by atoms with Crippen LogP contribution in [0.4, 0.5) is 11.4 Å². The summed E-state index contributed by atoms with van der Waals surface area (Å²) in [4.78, 5) is 16.4. The molecule has 0 bridgehead atoms. The molecule has 1 N–H and O–H groups in total. The molecule has 0 saturated heterocycles. The number of hydrogen-bond donors (Lipinski definition) is 1. The van der Waals surface area contributed by atoms with E-state index >= 15 is 0 Å². The van der Waals surface area contributed by atoms with Gasteiger partial charge in [0.05, 0.1) is 23.5 Å². The second-order valence-corrected chi connectivity index (χ2v) is 4.69. The second-order valence-electron chi connectivity index (χ2n) is 4.28. The number of benzene rings is 2. The minimum absolute atomic E-state index is 0.254. The lowest BCUT2D eigenvalue weighted by Crippen LogP contribution is -2.13. The SMILES string of the molecule is COc1cccc(N=C2C(=O)Nc3c(Cl)cccc32)c1. The van der Waals surface area contributed by atoms with Gasteiger partial charge in [0.1, 0.15) is 11.5 Å². The third-order valence-corrected chi connectivity index (χ3v) is 3.33. The van der Waals surface area contributed by atoms with E-state index in [2.05, 4.69) is 10.3 Å². The van der Waals surface area contributed by atoms with Gasteiger partial charge in [0, 0.05) is 11.6 Å². The zero-order valence-electron chi connectivity index (χ0n) is 10.7. The lowest BCUT2D eigenvalue weighted by Gasteiger charge is -2.01. The molecule has 20 heavy (non-hydrogen) atoms. The lowest BCUT2D eigenvalue weighted by molar-refractivity contribution is -0.110. The Morgan fingerprint density at radius 2 is 2.00 bits per heavy atom. The number of hydrogen-bond acceptors (Lipinski definition) is 3. The normalized spacial score (nSPS) is 15.1. The molecule has 0 saturated carbocycles.